The van der Waals surface area contributed by atoms with Crippen LogP contribution in [-0.4, -0.2) is 0 Å². The fourth-order valence-electron chi connectivity index (χ4n) is 1.53. The van der Waals surface area contributed by atoms with E-state index in [0.29, 0.717) is 0 Å². The van der Waals surface area contributed by atoms with Gasteiger partial charge in [0.25, 0.3) is 0 Å². The van der Waals surface area contributed by atoms with Gasteiger partial charge in [-0.2, -0.15) is 0 Å². The fraction of sp³-hybridized carbons (Fsp3) is 1.00. The van der Waals surface area contributed by atoms with Crippen LogP contribution in [0.3, 0.4) is 0 Å². The Balaban J connectivity index is -0.0000000424. The Morgan fingerprint density at radius 2 is 0.500 bits per heavy atom. The lowest BCUT2D eigenvalue weighted by Gasteiger charge is -1.90. The maximum atomic E-state index is 2.25. The van der Waals surface area contributed by atoms with Crippen molar-refractivity contribution in [3.05, 3.63) is 0 Å². The molecule has 0 aromatic carbocycles. The zero-order chi connectivity index (χ0) is 30.5. The van der Waals surface area contributed by atoms with E-state index in [1.54, 1.807) is 0 Å². The van der Waals surface area contributed by atoms with Gasteiger partial charge in [-0.3, -0.25) is 0 Å². The van der Waals surface area contributed by atoms with E-state index in [9.17, 15) is 0 Å². The van der Waals surface area contributed by atoms with E-state index in [4.69, 9.17) is 0 Å². The summed E-state index contributed by atoms with van der Waals surface area (Å²) >= 11 is 0. The highest BCUT2D eigenvalue weighted by molar-refractivity contribution is 4.36. The summed E-state index contributed by atoms with van der Waals surface area (Å²) in [5.41, 5.74) is 0. The van der Waals surface area contributed by atoms with Crippen molar-refractivity contribution in [1.82, 2.24) is 0 Å². The van der Waals surface area contributed by atoms with Crippen molar-refractivity contribution >= 4 is 0 Å². The third kappa shape index (κ3) is 257. The molecule has 0 nitrogen and oxygen atoms in total. The number of unbranched alkanes of at least 4 members (excludes halogenated alkanes) is 10. The van der Waals surface area contributed by atoms with Crippen molar-refractivity contribution in [3.63, 3.8) is 0 Å². The van der Waals surface area contributed by atoms with E-state index < -0.39 is 0 Å². The molecule has 0 bridgehead atoms. The first kappa shape index (κ1) is 56.2. The van der Waals surface area contributed by atoms with Crippen LogP contribution < -0.4 is 0 Å². The molecule has 0 aliphatic heterocycles. The van der Waals surface area contributed by atoms with Gasteiger partial charge >= 0.3 is 0 Å². The fourth-order valence-corrected chi connectivity index (χ4v) is 1.53. The van der Waals surface area contributed by atoms with Crippen molar-refractivity contribution < 1.29 is 0 Å². The first-order valence-electron chi connectivity index (χ1n) is 17.1. The highest BCUT2D eigenvalue weighted by Crippen LogP contribution is 2.00. The standard InChI is InChI=1S/C7H16.C6H14.2C5H12.2C4H10.C3H8.C2H6/c1-3-5-7-6-4-2;1-3-5-6-4-2;1-4-5(2)3;1-3-5-4-2;1-4(2)3;1-3-4-2;1-3-2;1-2/h3-7H2,1-2H3;3-6H2,1-2H3;5H,4H2,1-3H3;3-5H2,1-2H3;4H,1-3H3;3-4H2,1-2H3;3H2,1-2H3;1-2H3. The van der Waals surface area contributed by atoms with E-state index >= 15 is 0 Å². The lowest BCUT2D eigenvalue weighted by molar-refractivity contribution is 0.626. The highest BCUT2D eigenvalue weighted by Gasteiger charge is 1.80. The van der Waals surface area contributed by atoms with Crippen LogP contribution in [0.2, 0.25) is 0 Å². The smallest absolute Gasteiger partial charge is 0.0474 e. The van der Waals surface area contributed by atoms with Crippen molar-refractivity contribution in [2.45, 2.75) is 227 Å². The molecule has 0 saturated heterocycles. The maximum absolute atomic E-state index is 2.25. The summed E-state index contributed by atoms with van der Waals surface area (Å²) in [6, 6.07) is 0. The molecule has 0 aromatic rings. The second-order valence-electron chi connectivity index (χ2n) is 10.4. The molecule has 0 radical (unpaired) electrons. The predicted octanol–water partition coefficient (Wildman–Crippen LogP) is 15.7. The quantitative estimate of drug-likeness (QED) is 0.237. The van der Waals surface area contributed by atoms with Crippen LogP contribution in [0.1, 0.15) is 227 Å². The lowest BCUT2D eigenvalue weighted by atomic mass is 10.2. The van der Waals surface area contributed by atoms with Gasteiger partial charge in [-0.1, -0.05) is 227 Å². The SMILES string of the molecule is CC.CC(C)C.CCC.CCC(C)C.CCCC.CCCCC.CCCCCC.CCCCCCC. The van der Waals surface area contributed by atoms with Gasteiger partial charge in [0.2, 0.25) is 0 Å². The summed E-state index contributed by atoms with van der Waals surface area (Å²) < 4.78 is 0. The van der Waals surface area contributed by atoms with Gasteiger partial charge in [-0.25, -0.2) is 0 Å². The second kappa shape index (κ2) is 83.6. The van der Waals surface area contributed by atoms with Crippen LogP contribution >= 0.6 is 0 Å². The molecule has 0 aromatic heterocycles. The molecule has 0 heteroatoms. The van der Waals surface area contributed by atoms with Crippen LogP contribution in [0, 0.1) is 11.8 Å². The summed E-state index contributed by atoms with van der Waals surface area (Å²) in [6.45, 7) is 39.1. The summed E-state index contributed by atoms with van der Waals surface area (Å²) in [5, 5.41) is 0. The van der Waals surface area contributed by atoms with Crippen LogP contribution in [0.5, 0.6) is 0 Å². The van der Waals surface area contributed by atoms with Gasteiger partial charge in [0, 0.05) is 0 Å². The number of hydrogen-bond acceptors (Lipinski definition) is 0. The van der Waals surface area contributed by atoms with E-state index in [0.717, 1.165) is 11.8 Å². The summed E-state index contributed by atoms with van der Waals surface area (Å²) in [7, 11) is 0. The summed E-state index contributed by atoms with van der Waals surface area (Å²) in [5.74, 6) is 1.72. The third-order valence-electron chi connectivity index (χ3n) is 4.19. The number of rotatable bonds is 11. The van der Waals surface area contributed by atoms with Crippen LogP contribution in [0.4, 0.5) is 0 Å². The minimum atomic E-state index is 0.833. The Bertz CT molecular complexity index is 177. The Hall–Kier alpha value is 0. The largest absolute Gasteiger partial charge is 0.0683 e. The molecule has 0 amide bonds. The first-order valence-corrected chi connectivity index (χ1v) is 17.1. The van der Waals surface area contributed by atoms with Gasteiger partial charge in [0.05, 0.1) is 0 Å². The highest BCUT2D eigenvalue weighted by atomic mass is 13.9. The Morgan fingerprint density at radius 3 is 0.583 bits per heavy atom. The maximum Gasteiger partial charge on any atom is -0.0474 e. The molecular weight excluding hydrogens is 432 g/mol. The predicted molar refractivity (Wildman–Crippen MR) is 183 cm³/mol. The second-order valence-corrected chi connectivity index (χ2v) is 10.4. The molecule has 0 heterocycles. The third-order valence-corrected chi connectivity index (χ3v) is 4.19. The molecule has 0 fully saturated rings. The van der Waals surface area contributed by atoms with E-state index in [1.807, 2.05) is 13.8 Å². The molecule has 0 spiro atoms. The molecule has 232 valence electrons. The minimum absolute atomic E-state index is 0.833. The van der Waals surface area contributed by atoms with Crippen LogP contribution in [0.15, 0.2) is 0 Å². The average Bonchev–Trinajstić information content (AvgIpc) is 2.86. The Labute approximate surface area is 239 Å². The van der Waals surface area contributed by atoms with Gasteiger partial charge in [-0.15, -0.1) is 0 Å². The molecule has 0 aliphatic rings. The van der Waals surface area contributed by atoms with Gasteiger partial charge < -0.3 is 0 Å². The van der Waals surface area contributed by atoms with E-state index in [2.05, 4.69) is 111 Å². The number of hydrogen-bond donors (Lipinski definition) is 0. The van der Waals surface area contributed by atoms with E-state index in [1.165, 1.54) is 103 Å². The van der Waals surface area contributed by atoms with Crippen molar-refractivity contribution in [2.24, 2.45) is 11.8 Å². The lowest BCUT2D eigenvalue weighted by Crippen LogP contribution is -1.77. The molecule has 0 N–H and O–H groups in total. The van der Waals surface area contributed by atoms with E-state index in [-0.39, 0.29) is 0 Å². The zero-order valence-corrected chi connectivity index (χ0v) is 30.5. The molecular formula is C36H88. The molecule has 0 atom stereocenters. The molecule has 0 unspecified atom stereocenters. The average molecular weight is 521 g/mol. The molecule has 0 aliphatic carbocycles. The molecule has 0 saturated carbocycles. The van der Waals surface area contributed by atoms with Crippen molar-refractivity contribution in [3.8, 4) is 0 Å². The normalized spacial score (nSPS) is 8.33. The Morgan fingerprint density at radius 1 is 0.333 bits per heavy atom. The monoisotopic (exact) mass is 521 g/mol. The summed E-state index contributed by atoms with van der Waals surface area (Å²) in [4.78, 5) is 0. The minimum Gasteiger partial charge on any atom is -0.0683 e. The molecule has 0 rings (SSSR count). The molecule has 36 heavy (non-hydrogen) atoms. The van der Waals surface area contributed by atoms with Gasteiger partial charge in [0.1, 0.15) is 0 Å². The summed E-state index contributed by atoms with van der Waals surface area (Å²) in [6.07, 6.45) is 21.8. The van der Waals surface area contributed by atoms with Crippen molar-refractivity contribution in [2.75, 3.05) is 0 Å². The van der Waals surface area contributed by atoms with Crippen molar-refractivity contribution in [1.29, 1.82) is 0 Å². The van der Waals surface area contributed by atoms with Crippen LogP contribution in [0.25, 0.3) is 0 Å². The Kier molecular flexibility index (Phi) is 131. The zero-order valence-electron chi connectivity index (χ0n) is 30.5. The van der Waals surface area contributed by atoms with Gasteiger partial charge in [0.15, 0.2) is 0 Å². The van der Waals surface area contributed by atoms with Gasteiger partial charge in [-0.05, 0) is 11.8 Å². The topological polar surface area (TPSA) is 0 Å². The first-order chi connectivity index (χ1) is 17.1. The van der Waals surface area contributed by atoms with Crippen LogP contribution in [-0.2, 0) is 0 Å².